The van der Waals surface area contributed by atoms with E-state index < -0.39 is 27.9 Å². The molecule has 1 amide bonds. The summed E-state index contributed by atoms with van der Waals surface area (Å²) in [5.74, 6) is 0.376. The van der Waals surface area contributed by atoms with Gasteiger partial charge in [-0.25, -0.2) is 32.2 Å². The minimum Gasteiger partial charge on any atom is -0.481 e. The van der Waals surface area contributed by atoms with Crippen LogP contribution in [-0.4, -0.2) is 85.3 Å². The first-order chi connectivity index (χ1) is 24.4. The number of alkyl halides is 1. The van der Waals surface area contributed by atoms with Crippen molar-refractivity contribution in [1.29, 1.82) is 0 Å². The Balaban J connectivity index is 1.39. The van der Waals surface area contributed by atoms with Crippen molar-refractivity contribution >= 4 is 60.0 Å². The standard InChI is InChI=1S/C36H31F2N7O5S/c1-39-36(46)33-23-12-22(28(43(2)51(4,47)48)14-30(23)50-35(33)19-8-11-32(49-3)40-15-19)25-9-10-26-34(42-25)29-13-21-24(38)6-5-7-27(21)45(29)31(41-26)18-44-16-20(37)17-44/h5-15,20H,16-18H2,1-4H3,(H,39,46). The highest BCUT2D eigenvalue weighted by molar-refractivity contribution is 7.92. The SMILES string of the molecule is CNC(=O)c1c(-c2ccc(OC)nc2)oc2cc(N(C)S(C)(=O)=O)c(-c3ccc4nc(CN5CC(F)C5)n5c6cccc(F)c6cc5c4n3)cc12. The maximum atomic E-state index is 15.2. The van der Waals surface area contributed by atoms with Gasteiger partial charge in [-0.15, -0.1) is 0 Å². The van der Waals surface area contributed by atoms with Gasteiger partial charge in [-0.1, -0.05) is 6.07 Å². The van der Waals surface area contributed by atoms with E-state index in [-0.39, 0.29) is 35.7 Å². The van der Waals surface area contributed by atoms with Crippen LogP contribution in [0.1, 0.15) is 16.2 Å². The zero-order valence-corrected chi connectivity index (χ0v) is 28.8. The van der Waals surface area contributed by atoms with Gasteiger partial charge in [0.15, 0.2) is 0 Å². The maximum absolute atomic E-state index is 15.2. The molecule has 0 atom stereocenters. The summed E-state index contributed by atoms with van der Waals surface area (Å²) in [6.07, 6.45) is 1.71. The van der Waals surface area contributed by atoms with Gasteiger partial charge < -0.3 is 14.5 Å². The molecule has 6 heterocycles. The van der Waals surface area contributed by atoms with Crippen molar-refractivity contribution in [2.24, 2.45) is 0 Å². The van der Waals surface area contributed by atoms with Crippen LogP contribution >= 0.6 is 0 Å². The summed E-state index contributed by atoms with van der Waals surface area (Å²) in [6, 6.07) is 16.6. The number of sulfonamides is 1. The number of likely N-dealkylation sites (tertiary alicyclic amines) is 1. The van der Waals surface area contributed by atoms with Crippen LogP contribution in [0.5, 0.6) is 5.88 Å². The van der Waals surface area contributed by atoms with Crippen LogP contribution < -0.4 is 14.4 Å². The van der Waals surface area contributed by atoms with E-state index >= 15 is 4.39 Å². The number of nitrogens with zero attached hydrogens (tertiary/aromatic N) is 6. The number of furan rings is 1. The summed E-state index contributed by atoms with van der Waals surface area (Å²) < 4.78 is 69.2. The first-order valence-electron chi connectivity index (χ1n) is 16.0. The third kappa shape index (κ3) is 5.40. The minimum atomic E-state index is -3.79. The molecule has 0 unspecified atom stereocenters. The zero-order chi connectivity index (χ0) is 35.8. The van der Waals surface area contributed by atoms with Gasteiger partial charge in [0.25, 0.3) is 5.91 Å². The summed E-state index contributed by atoms with van der Waals surface area (Å²) >= 11 is 0. The molecule has 0 saturated carbocycles. The summed E-state index contributed by atoms with van der Waals surface area (Å²) in [5, 5.41) is 3.46. The number of rotatable bonds is 8. The van der Waals surface area contributed by atoms with Gasteiger partial charge in [-0.05, 0) is 42.5 Å². The molecule has 260 valence electrons. The highest BCUT2D eigenvalue weighted by Gasteiger charge is 2.29. The first kappa shape index (κ1) is 32.5. The molecule has 5 aromatic heterocycles. The van der Waals surface area contributed by atoms with Crippen molar-refractivity contribution in [3.63, 3.8) is 0 Å². The lowest BCUT2D eigenvalue weighted by Crippen LogP contribution is -2.47. The van der Waals surface area contributed by atoms with Crippen LogP contribution in [0, 0.1) is 5.82 Å². The average molecular weight is 712 g/mol. The van der Waals surface area contributed by atoms with Gasteiger partial charge in [0, 0.05) is 67.4 Å². The number of carbonyl (C=O) groups excluding carboxylic acids is 1. The van der Waals surface area contributed by atoms with E-state index in [4.69, 9.17) is 19.1 Å². The Morgan fingerprint density at radius 3 is 2.57 bits per heavy atom. The predicted octanol–water partition coefficient (Wildman–Crippen LogP) is 5.57. The lowest BCUT2D eigenvalue weighted by Gasteiger charge is -2.34. The molecular weight excluding hydrogens is 681 g/mol. The number of benzene rings is 2. The minimum absolute atomic E-state index is 0.221. The normalized spacial score (nSPS) is 14.1. The fourth-order valence-corrected chi connectivity index (χ4v) is 7.13. The van der Waals surface area contributed by atoms with E-state index in [0.29, 0.717) is 67.9 Å². The molecule has 51 heavy (non-hydrogen) atoms. The number of methoxy groups -OCH3 is 1. The van der Waals surface area contributed by atoms with Gasteiger partial charge in [0.1, 0.15) is 34.7 Å². The number of pyridine rings is 2. The van der Waals surface area contributed by atoms with Gasteiger partial charge in [-0.2, -0.15) is 0 Å². The van der Waals surface area contributed by atoms with Crippen LogP contribution in [0.3, 0.4) is 0 Å². The Labute approximate surface area is 290 Å². The molecular formula is C36H31F2N7O5S. The Kier molecular flexibility index (Phi) is 7.65. The number of nitrogens with one attached hydrogen (secondary N) is 1. The molecule has 1 aliphatic rings. The van der Waals surface area contributed by atoms with Gasteiger partial charge in [0.05, 0.1) is 53.4 Å². The Morgan fingerprint density at radius 1 is 1.08 bits per heavy atom. The second-order valence-electron chi connectivity index (χ2n) is 12.5. The molecule has 0 radical (unpaired) electrons. The van der Waals surface area contributed by atoms with Crippen LogP contribution in [0.2, 0.25) is 0 Å². The van der Waals surface area contributed by atoms with Gasteiger partial charge in [-0.3, -0.25) is 18.4 Å². The fourth-order valence-electron chi connectivity index (χ4n) is 6.62. The molecule has 1 saturated heterocycles. The highest BCUT2D eigenvalue weighted by atomic mass is 32.2. The largest absolute Gasteiger partial charge is 0.481 e. The third-order valence-electron chi connectivity index (χ3n) is 9.28. The second-order valence-corrected chi connectivity index (χ2v) is 14.5. The van der Waals surface area contributed by atoms with Gasteiger partial charge >= 0.3 is 0 Å². The van der Waals surface area contributed by atoms with Crippen LogP contribution in [0.25, 0.3) is 61.0 Å². The predicted molar refractivity (Wildman–Crippen MR) is 190 cm³/mol. The van der Waals surface area contributed by atoms with E-state index in [1.165, 1.54) is 33.5 Å². The fraction of sp³-hybridized carbons (Fsp3) is 0.222. The molecule has 12 nitrogen and oxygen atoms in total. The lowest BCUT2D eigenvalue weighted by atomic mass is 10.0. The first-order valence-corrected chi connectivity index (χ1v) is 17.8. The second kappa shape index (κ2) is 12.0. The number of aromatic nitrogens is 4. The molecule has 1 N–H and O–H groups in total. The number of fused-ring (bicyclic) bond motifs is 6. The molecule has 0 bridgehead atoms. The van der Waals surface area contributed by atoms with Crippen molar-refractivity contribution in [2.45, 2.75) is 12.7 Å². The van der Waals surface area contributed by atoms with Crippen LogP contribution in [-0.2, 0) is 16.6 Å². The third-order valence-corrected chi connectivity index (χ3v) is 10.5. The molecule has 0 spiro atoms. The summed E-state index contributed by atoms with van der Waals surface area (Å²) in [5.41, 5.74) is 4.13. The summed E-state index contributed by atoms with van der Waals surface area (Å²) in [4.78, 5) is 29.5. The van der Waals surface area contributed by atoms with Crippen molar-refractivity contribution < 1.29 is 31.1 Å². The van der Waals surface area contributed by atoms with Crippen molar-refractivity contribution in [1.82, 2.24) is 29.6 Å². The molecule has 2 aromatic carbocycles. The number of halogens is 2. The topological polar surface area (TPSA) is 135 Å². The molecule has 15 heteroatoms. The van der Waals surface area contributed by atoms with Crippen molar-refractivity contribution in [3.8, 4) is 28.5 Å². The molecule has 1 fully saturated rings. The zero-order valence-electron chi connectivity index (χ0n) is 27.9. The van der Waals surface area contributed by atoms with Crippen molar-refractivity contribution in [2.75, 3.05) is 44.9 Å². The van der Waals surface area contributed by atoms with Crippen LogP contribution in [0.15, 0.2) is 71.3 Å². The van der Waals surface area contributed by atoms with E-state index in [9.17, 15) is 17.6 Å². The van der Waals surface area contributed by atoms with E-state index in [1.807, 2.05) is 9.30 Å². The van der Waals surface area contributed by atoms with Crippen LogP contribution in [0.4, 0.5) is 14.5 Å². The number of anilines is 1. The van der Waals surface area contributed by atoms with Crippen molar-refractivity contribution in [3.05, 3.63) is 84.1 Å². The Morgan fingerprint density at radius 2 is 1.88 bits per heavy atom. The monoisotopic (exact) mass is 711 g/mol. The molecule has 7 aromatic rings. The average Bonchev–Trinajstić information content (AvgIpc) is 3.69. The Hall–Kier alpha value is -5.67. The molecule has 8 rings (SSSR count). The highest BCUT2D eigenvalue weighted by Crippen LogP contribution is 2.41. The van der Waals surface area contributed by atoms with Gasteiger partial charge in [0.2, 0.25) is 15.9 Å². The number of ether oxygens (including phenoxy) is 1. The number of hydrogen-bond donors (Lipinski definition) is 1. The lowest BCUT2D eigenvalue weighted by molar-refractivity contribution is 0.0567. The Bertz CT molecular complexity index is 2650. The van der Waals surface area contributed by atoms with E-state index in [1.54, 1.807) is 54.6 Å². The smallest absolute Gasteiger partial charge is 0.255 e. The van der Waals surface area contributed by atoms with E-state index in [0.717, 1.165) is 10.6 Å². The number of carbonyl (C=O) groups is 1. The summed E-state index contributed by atoms with van der Waals surface area (Å²) in [6.45, 7) is 0.922. The molecule has 0 aliphatic carbocycles. The number of amides is 1. The van der Waals surface area contributed by atoms with E-state index in [2.05, 4.69) is 10.3 Å². The summed E-state index contributed by atoms with van der Waals surface area (Å²) in [7, 11) is 0.633. The maximum Gasteiger partial charge on any atom is 0.255 e. The number of hydrogen-bond acceptors (Lipinski definition) is 9. The molecule has 1 aliphatic heterocycles. The quantitative estimate of drug-likeness (QED) is 0.215.